The Labute approximate surface area is 117 Å². The van der Waals surface area contributed by atoms with Crippen LogP contribution in [0.5, 0.6) is 17.2 Å². The predicted molar refractivity (Wildman–Crippen MR) is 75.6 cm³/mol. The lowest BCUT2D eigenvalue weighted by Gasteiger charge is -2.11. The van der Waals surface area contributed by atoms with Crippen LogP contribution >= 0.6 is 0 Å². The molecule has 0 aliphatic rings. The average molecular weight is 272 g/mol. The Morgan fingerprint density at radius 1 is 0.950 bits per heavy atom. The van der Waals surface area contributed by atoms with E-state index in [0.717, 1.165) is 5.56 Å². The van der Waals surface area contributed by atoms with Crippen molar-refractivity contribution in [3.8, 4) is 17.2 Å². The van der Waals surface area contributed by atoms with Crippen molar-refractivity contribution in [3.63, 3.8) is 0 Å². The highest BCUT2D eigenvalue weighted by Gasteiger charge is 2.12. The first-order valence-corrected chi connectivity index (χ1v) is 6.15. The summed E-state index contributed by atoms with van der Waals surface area (Å²) in [5.41, 5.74) is 1.56. The van der Waals surface area contributed by atoms with E-state index in [1.165, 1.54) is 7.11 Å². The third kappa shape index (κ3) is 3.09. The quantitative estimate of drug-likeness (QED) is 0.798. The summed E-state index contributed by atoms with van der Waals surface area (Å²) in [6.07, 6.45) is 0. The molecule has 0 bridgehead atoms. The van der Waals surface area contributed by atoms with Gasteiger partial charge in [0, 0.05) is 0 Å². The summed E-state index contributed by atoms with van der Waals surface area (Å²) in [6.45, 7) is 2.00. The van der Waals surface area contributed by atoms with E-state index in [-0.39, 0.29) is 0 Å². The zero-order valence-electron chi connectivity index (χ0n) is 11.7. The highest BCUT2D eigenvalue weighted by Crippen LogP contribution is 2.32. The van der Waals surface area contributed by atoms with E-state index in [4.69, 9.17) is 14.2 Å². The maximum absolute atomic E-state index is 11.5. The van der Waals surface area contributed by atoms with Crippen molar-refractivity contribution in [1.82, 2.24) is 0 Å². The third-order valence-electron chi connectivity index (χ3n) is 2.83. The van der Waals surface area contributed by atoms with Crippen molar-refractivity contribution in [2.45, 2.75) is 6.92 Å². The zero-order chi connectivity index (χ0) is 14.5. The number of rotatable bonds is 4. The van der Waals surface area contributed by atoms with Gasteiger partial charge in [0.1, 0.15) is 5.75 Å². The molecule has 2 aromatic carbocycles. The minimum atomic E-state index is -0.415. The van der Waals surface area contributed by atoms with Crippen molar-refractivity contribution in [1.29, 1.82) is 0 Å². The van der Waals surface area contributed by atoms with Crippen LogP contribution in [0, 0.1) is 6.92 Å². The molecular weight excluding hydrogens is 256 g/mol. The number of carbonyl (C=O) groups excluding carboxylic acids is 1. The van der Waals surface area contributed by atoms with Gasteiger partial charge in [0.05, 0.1) is 19.8 Å². The second-order valence-electron chi connectivity index (χ2n) is 4.27. The SMILES string of the molecule is COC(=O)c1ccc(OC)c(Oc2ccc(C)cc2)c1. The Balaban J connectivity index is 2.33. The van der Waals surface area contributed by atoms with Crippen LogP contribution in [0.3, 0.4) is 0 Å². The number of esters is 1. The topological polar surface area (TPSA) is 44.8 Å². The van der Waals surface area contributed by atoms with Gasteiger partial charge in [-0.1, -0.05) is 17.7 Å². The molecule has 0 atom stereocenters. The summed E-state index contributed by atoms with van der Waals surface area (Å²) in [6, 6.07) is 12.5. The smallest absolute Gasteiger partial charge is 0.337 e. The van der Waals surface area contributed by atoms with Crippen molar-refractivity contribution >= 4 is 5.97 Å². The number of carbonyl (C=O) groups is 1. The van der Waals surface area contributed by atoms with Crippen molar-refractivity contribution in [2.75, 3.05) is 14.2 Å². The van der Waals surface area contributed by atoms with Crippen LogP contribution < -0.4 is 9.47 Å². The number of aryl methyl sites for hydroxylation is 1. The third-order valence-corrected chi connectivity index (χ3v) is 2.83. The second-order valence-corrected chi connectivity index (χ2v) is 4.27. The summed E-state index contributed by atoms with van der Waals surface area (Å²) in [5, 5.41) is 0. The molecule has 0 unspecified atom stereocenters. The van der Waals surface area contributed by atoms with Crippen molar-refractivity contribution in [2.24, 2.45) is 0 Å². The van der Waals surface area contributed by atoms with E-state index in [1.807, 2.05) is 31.2 Å². The fourth-order valence-electron chi connectivity index (χ4n) is 1.73. The van der Waals surface area contributed by atoms with E-state index < -0.39 is 5.97 Å². The van der Waals surface area contributed by atoms with E-state index in [2.05, 4.69) is 0 Å². The molecule has 0 saturated heterocycles. The molecule has 0 aromatic heterocycles. The van der Waals surface area contributed by atoms with Gasteiger partial charge in [0.25, 0.3) is 0 Å². The highest BCUT2D eigenvalue weighted by molar-refractivity contribution is 5.90. The zero-order valence-corrected chi connectivity index (χ0v) is 11.7. The van der Waals surface area contributed by atoms with Crippen LogP contribution in [0.1, 0.15) is 15.9 Å². The fraction of sp³-hybridized carbons (Fsp3) is 0.188. The average Bonchev–Trinajstić information content (AvgIpc) is 2.48. The first-order valence-electron chi connectivity index (χ1n) is 6.15. The van der Waals surface area contributed by atoms with Crippen LogP contribution in [0.25, 0.3) is 0 Å². The molecule has 0 amide bonds. The van der Waals surface area contributed by atoms with E-state index in [1.54, 1.807) is 25.3 Å². The molecule has 4 heteroatoms. The largest absolute Gasteiger partial charge is 0.493 e. The lowest BCUT2D eigenvalue weighted by atomic mass is 10.2. The van der Waals surface area contributed by atoms with E-state index in [0.29, 0.717) is 22.8 Å². The molecule has 0 N–H and O–H groups in total. The Morgan fingerprint density at radius 3 is 2.25 bits per heavy atom. The Morgan fingerprint density at radius 2 is 1.65 bits per heavy atom. The lowest BCUT2D eigenvalue weighted by Crippen LogP contribution is -2.02. The van der Waals surface area contributed by atoms with Gasteiger partial charge in [-0.25, -0.2) is 4.79 Å². The first-order chi connectivity index (χ1) is 9.63. The molecule has 20 heavy (non-hydrogen) atoms. The number of methoxy groups -OCH3 is 2. The second kappa shape index (κ2) is 6.10. The van der Waals surface area contributed by atoms with Crippen LogP contribution in [0.15, 0.2) is 42.5 Å². The molecule has 0 aliphatic carbocycles. The summed E-state index contributed by atoms with van der Waals surface area (Å²) >= 11 is 0. The van der Waals surface area contributed by atoms with Crippen LogP contribution in [-0.2, 0) is 4.74 Å². The van der Waals surface area contributed by atoms with Crippen molar-refractivity contribution < 1.29 is 19.0 Å². The van der Waals surface area contributed by atoms with Gasteiger partial charge in [-0.3, -0.25) is 0 Å². The maximum atomic E-state index is 11.5. The van der Waals surface area contributed by atoms with Crippen LogP contribution in [-0.4, -0.2) is 20.2 Å². The Hall–Kier alpha value is -2.49. The van der Waals surface area contributed by atoms with Gasteiger partial charge in [-0.05, 0) is 37.3 Å². The normalized spacial score (nSPS) is 9.95. The first kappa shape index (κ1) is 13.9. The van der Waals surface area contributed by atoms with Gasteiger partial charge in [-0.15, -0.1) is 0 Å². The highest BCUT2D eigenvalue weighted by atomic mass is 16.5. The predicted octanol–water partition coefficient (Wildman–Crippen LogP) is 3.58. The number of ether oxygens (including phenoxy) is 3. The monoisotopic (exact) mass is 272 g/mol. The minimum absolute atomic E-state index is 0.412. The van der Waals surface area contributed by atoms with Gasteiger partial charge >= 0.3 is 5.97 Å². The van der Waals surface area contributed by atoms with E-state index >= 15 is 0 Å². The van der Waals surface area contributed by atoms with Gasteiger partial charge in [0.15, 0.2) is 11.5 Å². The molecule has 2 aromatic rings. The summed E-state index contributed by atoms with van der Waals surface area (Å²) in [5.74, 6) is 1.29. The standard InChI is InChI=1S/C16H16O4/c1-11-4-7-13(8-5-11)20-15-10-12(16(17)19-3)6-9-14(15)18-2/h4-10H,1-3H3. The molecule has 0 aliphatic heterocycles. The van der Waals surface area contributed by atoms with Crippen molar-refractivity contribution in [3.05, 3.63) is 53.6 Å². The summed E-state index contributed by atoms with van der Waals surface area (Å²) in [7, 11) is 2.89. The van der Waals surface area contributed by atoms with Gasteiger partial charge < -0.3 is 14.2 Å². The van der Waals surface area contributed by atoms with E-state index in [9.17, 15) is 4.79 Å². The van der Waals surface area contributed by atoms with Gasteiger partial charge in [0.2, 0.25) is 0 Å². The Kier molecular flexibility index (Phi) is 4.25. The van der Waals surface area contributed by atoms with Gasteiger partial charge in [-0.2, -0.15) is 0 Å². The molecule has 0 fully saturated rings. The van der Waals surface area contributed by atoms with Crippen LogP contribution in [0.2, 0.25) is 0 Å². The molecule has 0 radical (unpaired) electrons. The fourth-order valence-corrected chi connectivity index (χ4v) is 1.73. The molecule has 104 valence electrons. The molecule has 0 heterocycles. The number of hydrogen-bond acceptors (Lipinski definition) is 4. The molecule has 0 spiro atoms. The summed E-state index contributed by atoms with van der Waals surface area (Å²) in [4.78, 5) is 11.5. The number of hydrogen-bond donors (Lipinski definition) is 0. The molecule has 0 saturated carbocycles. The minimum Gasteiger partial charge on any atom is -0.493 e. The van der Waals surface area contributed by atoms with Crippen LogP contribution in [0.4, 0.5) is 0 Å². The maximum Gasteiger partial charge on any atom is 0.337 e. The molecule has 2 rings (SSSR count). The molecule has 4 nitrogen and oxygen atoms in total. The number of benzene rings is 2. The summed E-state index contributed by atoms with van der Waals surface area (Å²) < 4.78 is 15.7. The molecular formula is C16H16O4. The lowest BCUT2D eigenvalue weighted by molar-refractivity contribution is 0.0600. The Bertz CT molecular complexity index is 602.